The van der Waals surface area contributed by atoms with Crippen molar-refractivity contribution in [3.05, 3.63) is 57.5 Å². The number of amides is 1. The number of aromatic nitrogens is 3. The second-order valence-electron chi connectivity index (χ2n) is 7.46. The summed E-state index contributed by atoms with van der Waals surface area (Å²) in [4.78, 5) is 37.0. The molecule has 1 aromatic carbocycles. The van der Waals surface area contributed by atoms with Crippen molar-refractivity contribution in [1.82, 2.24) is 19.4 Å². The van der Waals surface area contributed by atoms with E-state index in [-0.39, 0.29) is 28.1 Å². The minimum Gasteiger partial charge on any atom is -0.352 e. The number of thioether (sulfide) groups is 1. The van der Waals surface area contributed by atoms with Gasteiger partial charge in [0.05, 0.1) is 27.2 Å². The Bertz CT molecular complexity index is 1260. The van der Waals surface area contributed by atoms with Gasteiger partial charge in [0.2, 0.25) is 5.91 Å². The Morgan fingerprint density at radius 1 is 1.18 bits per heavy atom. The van der Waals surface area contributed by atoms with Crippen LogP contribution in [0.5, 0.6) is 0 Å². The van der Waals surface area contributed by atoms with Crippen LogP contribution in [0.1, 0.15) is 5.56 Å². The number of fused-ring (bicyclic) bond motifs is 1. The van der Waals surface area contributed by atoms with Gasteiger partial charge in [-0.05, 0) is 18.2 Å². The Kier molecular flexibility index (Phi) is 6.53. The first-order valence-corrected chi connectivity index (χ1v) is 11.4. The molecule has 174 valence electrons. The highest BCUT2D eigenvalue weighted by Crippen LogP contribution is 2.33. The molecule has 4 rings (SSSR count). The van der Waals surface area contributed by atoms with E-state index in [1.54, 1.807) is 41.1 Å². The summed E-state index contributed by atoms with van der Waals surface area (Å²) in [6.07, 6.45) is -3.75. The molecule has 1 saturated heterocycles. The molecule has 0 radical (unpaired) electrons. The number of anilines is 1. The van der Waals surface area contributed by atoms with Crippen molar-refractivity contribution >= 4 is 46.0 Å². The summed E-state index contributed by atoms with van der Waals surface area (Å²) in [5.74, 6) is 0.257. The molecular weight excluding hydrogens is 479 g/mol. The number of carbonyl (C=O) groups is 1. The number of hydrogen-bond donors (Lipinski definition) is 0. The first-order valence-electron chi connectivity index (χ1n) is 9.99. The average molecular weight is 498 g/mol. The Balaban J connectivity index is 1.37. The van der Waals surface area contributed by atoms with Gasteiger partial charge in [-0.2, -0.15) is 13.2 Å². The Hall–Kier alpha value is -2.79. The van der Waals surface area contributed by atoms with Gasteiger partial charge in [-0.3, -0.25) is 14.2 Å². The number of pyridine rings is 1. The lowest BCUT2D eigenvalue weighted by Crippen LogP contribution is -2.49. The van der Waals surface area contributed by atoms with Crippen LogP contribution in [0, 0.1) is 0 Å². The smallest absolute Gasteiger partial charge is 0.352 e. The van der Waals surface area contributed by atoms with E-state index in [1.165, 1.54) is 16.3 Å². The molecule has 0 bridgehead atoms. The molecule has 3 heterocycles. The summed E-state index contributed by atoms with van der Waals surface area (Å²) in [7, 11) is 1.62. The van der Waals surface area contributed by atoms with E-state index >= 15 is 0 Å². The normalized spacial score (nSPS) is 14.7. The average Bonchev–Trinajstić information content (AvgIpc) is 2.80. The lowest BCUT2D eigenvalue weighted by molar-refractivity contribution is -0.137. The third kappa shape index (κ3) is 4.93. The number of nitrogens with zero attached hydrogens (tertiary/aromatic N) is 5. The van der Waals surface area contributed by atoms with Gasteiger partial charge in [0, 0.05) is 39.4 Å². The quantitative estimate of drug-likeness (QED) is 0.406. The fraction of sp³-hybridized carbons (Fsp3) is 0.333. The molecule has 1 aliphatic rings. The topological polar surface area (TPSA) is 71.3 Å². The number of rotatable bonds is 4. The zero-order valence-electron chi connectivity index (χ0n) is 17.5. The summed E-state index contributed by atoms with van der Waals surface area (Å²) in [6, 6.07) is 7.89. The number of carbonyl (C=O) groups excluding carboxylic acids is 1. The number of para-hydroxylation sites is 1. The van der Waals surface area contributed by atoms with Gasteiger partial charge in [-0.25, -0.2) is 9.97 Å². The molecule has 12 heteroatoms. The standard InChI is InChI=1S/C21H19ClF3N5O2S/c1-28-19(32)14-4-2-3-5-16(14)27-20(28)33-12-17(31)29-6-8-30(9-7-29)18-15(22)10-13(11-26-18)21(23,24)25/h2-5,10-11H,6-9,12H2,1H3. The SMILES string of the molecule is Cn1c(SCC(=O)N2CCN(c3ncc(C(F)(F)F)cc3Cl)CC2)nc2ccccc2c1=O. The largest absolute Gasteiger partial charge is 0.417 e. The summed E-state index contributed by atoms with van der Waals surface area (Å²) < 4.78 is 39.9. The molecule has 0 N–H and O–H groups in total. The first-order chi connectivity index (χ1) is 15.6. The highest BCUT2D eigenvalue weighted by molar-refractivity contribution is 7.99. The van der Waals surface area contributed by atoms with E-state index in [0.29, 0.717) is 42.2 Å². The van der Waals surface area contributed by atoms with Crippen LogP contribution in [0.3, 0.4) is 0 Å². The van der Waals surface area contributed by atoms with Gasteiger partial charge in [0.1, 0.15) is 5.82 Å². The maximum atomic E-state index is 12.8. The first kappa shape index (κ1) is 23.4. The predicted molar refractivity (Wildman–Crippen MR) is 121 cm³/mol. The molecule has 7 nitrogen and oxygen atoms in total. The Labute approximate surface area is 196 Å². The van der Waals surface area contributed by atoms with Gasteiger partial charge < -0.3 is 9.80 Å². The highest BCUT2D eigenvalue weighted by Gasteiger charge is 2.32. The monoisotopic (exact) mass is 497 g/mol. The number of alkyl halides is 3. The van der Waals surface area contributed by atoms with E-state index in [2.05, 4.69) is 9.97 Å². The van der Waals surface area contributed by atoms with Gasteiger partial charge in [0.15, 0.2) is 5.16 Å². The van der Waals surface area contributed by atoms with E-state index in [1.807, 2.05) is 0 Å². The van der Waals surface area contributed by atoms with E-state index < -0.39 is 11.7 Å². The Morgan fingerprint density at radius 3 is 2.55 bits per heavy atom. The molecule has 1 amide bonds. The highest BCUT2D eigenvalue weighted by atomic mass is 35.5. The maximum absolute atomic E-state index is 12.8. The molecule has 3 aromatic rings. The van der Waals surface area contributed by atoms with Crippen LogP contribution in [-0.2, 0) is 18.0 Å². The van der Waals surface area contributed by atoms with Gasteiger partial charge >= 0.3 is 6.18 Å². The van der Waals surface area contributed by atoms with Crippen LogP contribution in [0.4, 0.5) is 19.0 Å². The second-order valence-corrected chi connectivity index (χ2v) is 8.81. The third-order valence-corrected chi connectivity index (χ3v) is 6.64. The van der Waals surface area contributed by atoms with Crippen molar-refractivity contribution in [1.29, 1.82) is 0 Å². The zero-order chi connectivity index (χ0) is 23.8. The van der Waals surface area contributed by atoms with E-state index in [9.17, 15) is 22.8 Å². The predicted octanol–water partition coefficient (Wildman–Crippen LogP) is 3.44. The van der Waals surface area contributed by atoms with Crippen LogP contribution in [-0.4, -0.2) is 57.3 Å². The molecule has 0 saturated carbocycles. The summed E-state index contributed by atoms with van der Waals surface area (Å²) >= 11 is 7.22. The van der Waals surface area contributed by atoms with E-state index in [0.717, 1.165) is 12.3 Å². The number of hydrogen-bond acceptors (Lipinski definition) is 6. The molecule has 1 aliphatic heterocycles. The summed E-state index contributed by atoms with van der Waals surface area (Å²) in [5, 5.41) is 0.886. The van der Waals surface area contributed by atoms with Crippen LogP contribution in [0.15, 0.2) is 46.5 Å². The molecule has 1 fully saturated rings. The molecular formula is C21H19ClF3N5O2S. The fourth-order valence-corrected chi connectivity index (χ4v) is 4.69. The number of halogens is 4. The van der Waals surface area contributed by atoms with Crippen molar-refractivity contribution < 1.29 is 18.0 Å². The van der Waals surface area contributed by atoms with Gasteiger partial charge in [0.25, 0.3) is 5.56 Å². The molecule has 0 aliphatic carbocycles. The van der Waals surface area contributed by atoms with Gasteiger partial charge in [-0.1, -0.05) is 35.5 Å². The zero-order valence-corrected chi connectivity index (χ0v) is 19.0. The Morgan fingerprint density at radius 2 is 1.88 bits per heavy atom. The number of benzene rings is 1. The molecule has 0 atom stereocenters. The van der Waals surface area contributed by atoms with Gasteiger partial charge in [-0.15, -0.1) is 0 Å². The summed E-state index contributed by atoms with van der Waals surface area (Å²) in [6.45, 7) is 1.54. The lowest BCUT2D eigenvalue weighted by Gasteiger charge is -2.35. The summed E-state index contributed by atoms with van der Waals surface area (Å²) in [5.41, 5.74) is -0.506. The minimum atomic E-state index is -4.51. The van der Waals surface area contributed by atoms with Crippen LogP contribution >= 0.6 is 23.4 Å². The van der Waals surface area contributed by atoms with Crippen molar-refractivity contribution in [3.8, 4) is 0 Å². The fourth-order valence-electron chi connectivity index (χ4n) is 3.53. The molecule has 2 aromatic heterocycles. The second kappa shape index (κ2) is 9.22. The van der Waals surface area contributed by atoms with E-state index in [4.69, 9.17) is 11.6 Å². The van der Waals surface area contributed by atoms with Crippen LogP contribution in [0.25, 0.3) is 10.9 Å². The molecule has 0 spiro atoms. The molecule has 33 heavy (non-hydrogen) atoms. The number of piperazine rings is 1. The van der Waals surface area contributed by atoms with Crippen LogP contribution < -0.4 is 10.5 Å². The van der Waals surface area contributed by atoms with Crippen LogP contribution in [0.2, 0.25) is 5.02 Å². The van der Waals surface area contributed by atoms with Crippen molar-refractivity contribution in [2.24, 2.45) is 7.05 Å². The van der Waals surface area contributed by atoms with Crippen molar-refractivity contribution in [2.75, 3.05) is 36.8 Å². The lowest BCUT2D eigenvalue weighted by atomic mass is 10.2. The van der Waals surface area contributed by atoms with Crippen molar-refractivity contribution in [3.63, 3.8) is 0 Å². The third-order valence-electron chi connectivity index (χ3n) is 5.35. The maximum Gasteiger partial charge on any atom is 0.417 e. The minimum absolute atomic E-state index is 0.0801. The van der Waals surface area contributed by atoms with Crippen molar-refractivity contribution in [2.45, 2.75) is 11.3 Å². The molecule has 0 unspecified atom stereocenters.